The first-order valence-electron chi connectivity index (χ1n) is 7.35. The molecule has 1 aliphatic rings. The lowest BCUT2D eigenvalue weighted by Gasteiger charge is -2.24. The first-order chi connectivity index (χ1) is 10.3. The highest BCUT2D eigenvalue weighted by Gasteiger charge is 2.16. The standard InChI is InChI=1S/C17H18N4/c18-15-9-14-11-19-20-16(14)10-17(15)21-7-5-12-3-1-2-4-13(12)6-8-21/h1-4,9-11H,5-8,18H2,(H,19,20). The van der Waals surface area contributed by atoms with E-state index in [0.29, 0.717) is 0 Å². The van der Waals surface area contributed by atoms with Gasteiger partial charge in [0.2, 0.25) is 0 Å². The van der Waals surface area contributed by atoms with E-state index in [-0.39, 0.29) is 0 Å². The van der Waals surface area contributed by atoms with Crippen molar-refractivity contribution in [1.82, 2.24) is 10.2 Å². The van der Waals surface area contributed by atoms with Gasteiger partial charge in [0.15, 0.2) is 0 Å². The van der Waals surface area contributed by atoms with Crippen molar-refractivity contribution < 1.29 is 0 Å². The van der Waals surface area contributed by atoms with Crippen molar-refractivity contribution in [3.05, 3.63) is 53.7 Å². The summed E-state index contributed by atoms with van der Waals surface area (Å²) in [6.45, 7) is 2.00. The number of aromatic nitrogens is 2. The van der Waals surface area contributed by atoms with E-state index in [4.69, 9.17) is 5.73 Å². The normalized spacial score (nSPS) is 15.0. The smallest absolute Gasteiger partial charge is 0.0672 e. The summed E-state index contributed by atoms with van der Waals surface area (Å²) in [7, 11) is 0. The Balaban J connectivity index is 1.68. The molecule has 3 aromatic rings. The third-order valence-corrected chi connectivity index (χ3v) is 4.35. The molecule has 4 heteroatoms. The van der Waals surface area contributed by atoms with Gasteiger partial charge in [-0.05, 0) is 36.1 Å². The van der Waals surface area contributed by atoms with Crippen LogP contribution < -0.4 is 10.6 Å². The molecule has 0 fully saturated rings. The number of fused-ring (bicyclic) bond motifs is 2. The van der Waals surface area contributed by atoms with Gasteiger partial charge in [0, 0.05) is 18.5 Å². The summed E-state index contributed by atoms with van der Waals surface area (Å²) in [6.07, 6.45) is 3.95. The van der Waals surface area contributed by atoms with Crippen LogP contribution in [-0.2, 0) is 12.8 Å². The van der Waals surface area contributed by atoms with Crippen molar-refractivity contribution in [2.24, 2.45) is 0 Å². The van der Waals surface area contributed by atoms with Crippen LogP contribution in [0.1, 0.15) is 11.1 Å². The lowest BCUT2D eigenvalue weighted by atomic mass is 10.0. The highest BCUT2D eigenvalue weighted by molar-refractivity contribution is 5.88. The quantitative estimate of drug-likeness (QED) is 0.673. The number of nitrogens with zero attached hydrogens (tertiary/aromatic N) is 2. The number of nitrogen functional groups attached to an aromatic ring is 1. The average molecular weight is 278 g/mol. The molecular formula is C17H18N4. The van der Waals surface area contributed by atoms with Crippen molar-refractivity contribution in [3.8, 4) is 0 Å². The molecule has 3 N–H and O–H groups in total. The second-order valence-corrected chi connectivity index (χ2v) is 5.62. The third kappa shape index (κ3) is 2.13. The fourth-order valence-corrected chi connectivity index (χ4v) is 3.18. The van der Waals surface area contributed by atoms with Gasteiger partial charge in [-0.1, -0.05) is 24.3 Å². The zero-order valence-corrected chi connectivity index (χ0v) is 11.8. The fraction of sp³-hybridized carbons (Fsp3) is 0.235. The summed E-state index contributed by atoms with van der Waals surface area (Å²) in [4.78, 5) is 2.38. The molecule has 0 aliphatic carbocycles. The molecule has 106 valence electrons. The monoisotopic (exact) mass is 278 g/mol. The second-order valence-electron chi connectivity index (χ2n) is 5.62. The minimum absolute atomic E-state index is 0.829. The van der Waals surface area contributed by atoms with Crippen LogP contribution in [0.5, 0.6) is 0 Å². The Labute approximate surface area is 123 Å². The van der Waals surface area contributed by atoms with E-state index in [1.165, 1.54) is 11.1 Å². The van der Waals surface area contributed by atoms with Crippen molar-refractivity contribution >= 4 is 22.3 Å². The Hall–Kier alpha value is -2.49. The summed E-state index contributed by atoms with van der Waals surface area (Å²) in [5, 5.41) is 8.17. The largest absolute Gasteiger partial charge is 0.397 e. The number of H-pyrrole nitrogens is 1. The van der Waals surface area contributed by atoms with Gasteiger partial charge in [0.1, 0.15) is 0 Å². The zero-order valence-electron chi connectivity index (χ0n) is 11.8. The van der Waals surface area contributed by atoms with Crippen LogP contribution >= 0.6 is 0 Å². The molecule has 0 saturated heterocycles. The van der Waals surface area contributed by atoms with Crippen molar-refractivity contribution in [2.75, 3.05) is 23.7 Å². The maximum atomic E-state index is 6.25. The van der Waals surface area contributed by atoms with Crippen molar-refractivity contribution in [2.45, 2.75) is 12.8 Å². The van der Waals surface area contributed by atoms with E-state index < -0.39 is 0 Å². The van der Waals surface area contributed by atoms with Crippen LogP contribution in [0.2, 0.25) is 0 Å². The van der Waals surface area contributed by atoms with Gasteiger partial charge in [-0.2, -0.15) is 5.10 Å². The molecule has 4 rings (SSSR count). The summed E-state index contributed by atoms with van der Waals surface area (Å²) in [6, 6.07) is 12.8. The Morgan fingerprint density at radius 3 is 2.48 bits per heavy atom. The van der Waals surface area contributed by atoms with Crippen molar-refractivity contribution in [1.29, 1.82) is 0 Å². The topological polar surface area (TPSA) is 57.9 Å². The summed E-state index contributed by atoms with van der Waals surface area (Å²) >= 11 is 0. The molecule has 0 spiro atoms. The summed E-state index contributed by atoms with van der Waals surface area (Å²) in [5.41, 5.74) is 12.2. The SMILES string of the molecule is Nc1cc2cn[nH]c2cc1N1CCc2ccccc2CC1. The van der Waals surface area contributed by atoms with Crippen LogP contribution in [-0.4, -0.2) is 23.3 Å². The molecule has 1 aromatic heterocycles. The number of nitrogens with one attached hydrogen (secondary N) is 1. The number of rotatable bonds is 1. The van der Waals surface area contributed by atoms with E-state index in [0.717, 1.165) is 48.2 Å². The molecule has 0 unspecified atom stereocenters. The van der Waals surface area contributed by atoms with Crippen LogP contribution in [0.15, 0.2) is 42.6 Å². The molecule has 2 aromatic carbocycles. The molecule has 1 aliphatic heterocycles. The first kappa shape index (κ1) is 12.3. The maximum Gasteiger partial charge on any atom is 0.0672 e. The Morgan fingerprint density at radius 1 is 1.05 bits per heavy atom. The Bertz CT molecular complexity index is 763. The molecule has 2 heterocycles. The van der Waals surface area contributed by atoms with Gasteiger partial charge in [0.25, 0.3) is 0 Å². The summed E-state index contributed by atoms with van der Waals surface area (Å²) in [5.74, 6) is 0. The predicted molar refractivity (Wildman–Crippen MR) is 86.6 cm³/mol. The number of anilines is 2. The second kappa shape index (κ2) is 4.81. The van der Waals surface area contributed by atoms with E-state index in [1.807, 2.05) is 12.3 Å². The van der Waals surface area contributed by atoms with Gasteiger partial charge >= 0.3 is 0 Å². The molecule has 0 amide bonds. The number of benzene rings is 2. The van der Waals surface area contributed by atoms with Gasteiger partial charge in [-0.25, -0.2) is 0 Å². The number of hydrogen-bond acceptors (Lipinski definition) is 3. The van der Waals surface area contributed by atoms with Gasteiger partial charge in [-0.3, -0.25) is 5.10 Å². The summed E-state index contributed by atoms with van der Waals surface area (Å²) < 4.78 is 0. The Kier molecular flexibility index (Phi) is 2.81. The lowest BCUT2D eigenvalue weighted by molar-refractivity contribution is 0.807. The highest BCUT2D eigenvalue weighted by atomic mass is 15.1. The van der Waals surface area contributed by atoms with E-state index >= 15 is 0 Å². The van der Waals surface area contributed by atoms with Crippen molar-refractivity contribution in [3.63, 3.8) is 0 Å². The molecule has 0 atom stereocenters. The molecular weight excluding hydrogens is 260 g/mol. The highest BCUT2D eigenvalue weighted by Crippen LogP contribution is 2.30. The number of hydrogen-bond donors (Lipinski definition) is 2. The maximum absolute atomic E-state index is 6.25. The number of aromatic amines is 1. The van der Waals surface area contributed by atoms with Crippen LogP contribution in [0, 0.1) is 0 Å². The van der Waals surface area contributed by atoms with Gasteiger partial charge in [-0.15, -0.1) is 0 Å². The molecule has 0 radical (unpaired) electrons. The Morgan fingerprint density at radius 2 is 1.76 bits per heavy atom. The average Bonchev–Trinajstić information content (AvgIpc) is 2.84. The van der Waals surface area contributed by atoms with Crippen LogP contribution in [0.4, 0.5) is 11.4 Å². The molecule has 0 bridgehead atoms. The fourth-order valence-electron chi connectivity index (χ4n) is 3.18. The molecule has 21 heavy (non-hydrogen) atoms. The number of nitrogens with two attached hydrogens (primary N) is 1. The van der Waals surface area contributed by atoms with E-state index in [2.05, 4.69) is 45.4 Å². The zero-order chi connectivity index (χ0) is 14.2. The van der Waals surface area contributed by atoms with Crippen LogP contribution in [0.25, 0.3) is 10.9 Å². The van der Waals surface area contributed by atoms with Gasteiger partial charge < -0.3 is 10.6 Å². The minimum Gasteiger partial charge on any atom is -0.397 e. The molecule has 4 nitrogen and oxygen atoms in total. The van der Waals surface area contributed by atoms with E-state index in [1.54, 1.807) is 0 Å². The van der Waals surface area contributed by atoms with Crippen LogP contribution in [0.3, 0.4) is 0 Å². The van der Waals surface area contributed by atoms with E-state index in [9.17, 15) is 0 Å². The van der Waals surface area contributed by atoms with Gasteiger partial charge in [0.05, 0.1) is 23.1 Å². The lowest BCUT2D eigenvalue weighted by Crippen LogP contribution is -2.26. The predicted octanol–water partition coefficient (Wildman–Crippen LogP) is 2.75. The minimum atomic E-state index is 0.829. The molecule has 0 saturated carbocycles. The third-order valence-electron chi connectivity index (χ3n) is 4.35. The first-order valence-corrected chi connectivity index (χ1v) is 7.35.